The Morgan fingerprint density at radius 3 is 2.45 bits per heavy atom. The summed E-state index contributed by atoms with van der Waals surface area (Å²) in [6, 6.07) is 13.0. The van der Waals surface area contributed by atoms with Crippen LogP contribution in [0, 0.1) is 19.7 Å². The van der Waals surface area contributed by atoms with E-state index in [4.69, 9.17) is 25.5 Å². The first kappa shape index (κ1) is 20.6. The minimum Gasteiger partial charge on any atom is -0.460 e. The molecule has 1 aromatic heterocycles. The van der Waals surface area contributed by atoms with E-state index in [1.54, 1.807) is 12.1 Å². The molecule has 0 unspecified atom stereocenters. The Kier molecular flexibility index (Phi) is 5.48. The monoisotopic (exact) mass is 438 g/mol. The van der Waals surface area contributed by atoms with Gasteiger partial charge in [-0.2, -0.15) is 0 Å². The molecule has 3 aromatic carbocycles. The van der Waals surface area contributed by atoms with Gasteiger partial charge in [0.15, 0.2) is 0 Å². The van der Waals surface area contributed by atoms with E-state index in [1.807, 2.05) is 13.8 Å². The van der Waals surface area contributed by atoms with Gasteiger partial charge in [0.05, 0.1) is 10.9 Å². The number of halogens is 2. The summed E-state index contributed by atoms with van der Waals surface area (Å²) >= 11 is 6.17. The lowest BCUT2D eigenvalue weighted by molar-refractivity contribution is 0.0734. The Hall–Kier alpha value is -3.64. The third kappa shape index (κ3) is 4.29. The molecule has 0 fully saturated rings. The standard InChI is InChI=1S/C24H16ClFO5/c1-13-8-18(9-14(2)22(13)25)30-21-12-29-20-11-17(6-7-19(20)23(21)27)31-24(28)15-4-3-5-16(26)10-15/h3-12H,1-2H3. The van der Waals surface area contributed by atoms with Crippen LogP contribution in [0.4, 0.5) is 4.39 Å². The average Bonchev–Trinajstić information content (AvgIpc) is 2.74. The lowest BCUT2D eigenvalue weighted by Crippen LogP contribution is -2.09. The van der Waals surface area contributed by atoms with Crippen molar-refractivity contribution in [1.82, 2.24) is 0 Å². The van der Waals surface area contributed by atoms with Gasteiger partial charge in [0.1, 0.15) is 29.2 Å². The molecule has 0 aliphatic carbocycles. The molecule has 31 heavy (non-hydrogen) atoms. The van der Waals surface area contributed by atoms with Crippen LogP contribution in [0.5, 0.6) is 17.2 Å². The first-order chi connectivity index (χ1) is 14.8. The maximum absolute atomic E-state index is 13.3. The van der Waals surface area contributed by atoms with E-state index in [-0.39, 0.29) is 33.5 Å². The van der Waals surface area contributed by atoms with E-state index in [0.717, 1.165) is 17.2 Å². The topological polar surface area (TPSA) is 65.7 Å². The van der Waals surface area contributed by atoms with Crippen LogP contribution < -0.4 is 14.9 Å². The molecule has 1 heterocycles. The molecule has 7 heteroatoms. The van der Waals surface area contributed by atoms with Crippen LogP contribution in [0.1, 0.15) is 21.5 Å². The van der Waals surface area contributed by atoms with Crippen LogP contribution in [-0.4, -0.2) is 5.97 Å². The molecule has 0 N–H and O–H groups in total. The van der Waals surface area contributed by atoms with Gasteiger partial charge in [0.2, 0.25) is 11.2 Å². The number of rotatable bonds is 4. The third-order valence-corrected chi connectivity index (χ3v) is 5.22. The molecule has 4 rings (SSSR count). The molecule has 0 aliphatic rings. The molecule has 0 amide bonds. The lowest BCUT2D eigenvalue weighted by atomic mass is 10.1. The molecular weight excluding hydrogens is 423 g/mol. The molecule has 0 aliphatic heterocycles. The van der Waals surface area contributed by atoms with Gasteiger partial charge in [-0.3, -0.25) is 4.79 Å². The Bertz CT molecular complexity index is 1350. The second-order valence-electron chi connectivity index (χ2n) is 6.96. The Balaban J connectivity index is 1.61. The average molecular weight is 439 g/mol. The van der Waals surface area contributed by atoms with Gasteiger partial charge in [0.25, 0.3) is 0 Å². The van der Waals surface area contributed by atoms with E-state index in [9.17, 15) is 14.0 Å². The number of benzene rings is 3. The van der Waals surface area contributed by atoms with Crippen LogP contribution in [0.3, 0.4) is 0 Å². The first-order valence-electron chi connectivity index (χ1n) is 9.30. The molecule has 0 radical (unpaired) electrons. The highest BCUT2D eigenvalue weighted by atomic mass is 35.5. The van der Waals surface area contributed by atoms with Crippen molar-refractivity contribution in [3.05, 3.63) is 98.6 Å². The van der Waals surface area contributed by atoms with Crippen molar-refractivity contribution in [2.24, 2.45) is 0 Å². The van der Waals surface area contributed by atoms with Crippen LogP contribution in [0.15, 0.2) is 70.1 Å². The van der Waals surface area contributed by atoms with E-state index < -0.39 is 11.8 Å². The normalized spacial score (nSPS) is 10.8. The minimum atomic E-state index is -0.727. The van der Waals surface area contributed by atoms with Crippen molar-refractivity contribution < 1.29 is 23.1 Å². The second kappa shape index (κ2) is 8.24. The number of carbonyl (C=O) groups is 1. The quantitative estimate of drug-likeness (QED) is 0.280. The molecule has 0 bridgehead atoms. The minimum absolute atomic E-state index is 0.0122. The number of aryl methyl sites for hydroxylation is 2. The Morgan fingerprint density at radius 2 is 1.74 bits per heavy atom. The fourth-order valence-corrected chi connectivity index (χ4v) is 3.21. The molecule has 5 nitrogen and oxygen atoms in total. The summed E-state index contributed by atoms with van der Waals surface area (Å²) in [4.78, 5) is 25.0. The summed E-state index contributed by atoms with van der Waals surface area (Å²) < 4.78 is 29.8. The largest absolute Gasteiger partial charge is 0.460 e. The molecule has 156 valence electrons. The predicted molar refractivity (Wildman–Crippen MR) is 115 cm³/mol. The summed E-state index contributed by atoms with van der Waals surface area (Å²) in [6.07, 6.45) is 1.20. The Labute approximate surface area is 181 Å². The van der Waals surface area contributed by atoms with Crippen LogP contribution in [0.25, 0.3) is 11.0 Å². The van der Waals surface area contributed by atoms with Gasteiger partial charge in [-0.15, -0.1) is 0 Å². The second-order valence-corrected chi connectivity index (χ2v) is 7.34. The van der Waals surface area contributed by atoms with Crippen LogP contribution >= 0.6 is 11.6 Å². The van der Waals surface area contributed by atoms with Crippen LogP contribution in [-0.2, 0) is 0 Å². The van der Waals surface area contributed by atoms with E-state index >= 15 is 0 Å². The smallest absolute Gasteiger partial charge is 0.343 e. The summed E-state index contributed by atoms with van der Waals surface area (Å²) in [5.41, 5.74) is 1.55. The number of ether oxygens (including phenoxy) is 2. The van der Waals surface area contributed by atoms with Gasteiger partial charge >= 0.3 is 5.97 Å². The molecule has 0 saturated heterocycles. The maximum Gasteiger partial charge on any atom is 0.343 e. The van der Waals surface area contributed by atoms with Gasteiger partial charge in [0, 0.05) is 11.1 Å². The van der Waals surface area contributed by atoms with Crippen molar-refractivity contribution in [1.29, 1.82) is 0 Å². The molecular formula is C24H16ClFO5. The molecule has 0 atom stereocenters. The molecule has 4 aromatic rings. The molecule has 0 spiro atoms. The number of esters is 1. The van der Waals surface area contributed by atoms with E-state index in [1.165, 1.54) is 42.7 Å². The molecule has 0 saturated carbocycles. The predicted octanol–water partition coefficient (Wildman–Crippen LogP) is 6.21. The maximum atomic E-state index is 13.3. The SMILES string of the molecule is Cc1cc(Oc2coc3cc(OC(=O)c4cccc(F)c4)ccc3c2=O)cc(C)c1Cl. The fourth-order valence-electron chi connectivity index (χ4n) is 3.10. The fraction of sp³-hybridized carbons (Fsp3) is 0.0833. The van der Waals surface area contributed by atoms with Gasteiger partial charge in [-0.25, -0.2) is 9.18 Å². The lowest BCUT2D eigenvalue weighted by Gasteiger charge is -2.10. The number of carbonyl (C=O) groups excluding carboxylic acids is 1. The summed E-state index contributed by atoms with van der Waals surface area (Å²) in [5, 5.41) is 0.892. The highest BCUT2D eigenvalue weighted by Gasteiger charge is 2.14. The highest BCUT2D eigenvalue weighted by Crippen LogP contribution is 2.29. The number of hydrogen-bond donors (Lipinski definition) is 0. The van der Waals surface area contributed by atoms with Crippen molar-refractivity contribution in [2.45, 2.75) is 13.8 Å². The summed E-state index contributed by atoms with van der Waals surface area (Å²) in [6.45, 7) is 3.69. The zero-order valence-corrected chi connectivity index (χ0v) is 17.3. The number of fused-ring (bicyclic) bond motifs is 1. The third-order valence-electron chi connectivity index (χ3n) is 4.62. The van der Waals surface area contributed by atoms with E-state index in [0.29, 0.717) is 10.8 Å². The van der Waals surface area contributed by atoms with Crippen molar-refractivity contribution in [3.63, 3.8) is 0 Å². The van der Waals surface area contributed by atoms with Crippen molar-refractivity contribution in [3.8, 4) is 17.2 Å². The first-order valence-corrected chi connectivity index (χ1v) is 9.67. The van der Waals surface area contributed by atoms with Gasteiger partial charge in [-0.1, -0.05) is 17.7 Å². The summed E-state index contributed by atoms with van der Waals surface area (Å²) in [7, 11) is 0. The van der Waals surface area contributed by atoms with Gasteiger partial charge in [-0.05, 0) is 67.4 Å². The van der Waals surface area contributed by atoms with E-state index in [2.05, 4.69) is 0 Å². The van der Waals surface area contributed by atoms with Gasteiger partial charge < -0.3 is 13.9 Å². The van der Waals surface area contributed by atoms with Crippen LogP contribution in [0.2, 0.25) is 5.02 Å². The van der Waals surface area contributed by atoms with Crippen molar-refractivity contribution >= 4 is 28.5 Å². The highest BCUT2D eigenvalue weighted by molar-refractivity contribution is 6.32. The summed E-state index contributed by atoms with van der Waals surface area (Å²) in [5.74, 6) is -0.639. The van der Waals surface area contributed by atoms with Crippen molar-refractivity contribution in [2.75, 3.05) is 0 Å². The number of hydrogen-bond acceptors (Lipinski definition) is 5. The zero-order chi connectivity index (χ0) is 22.1. The zero-order valence-electron chi connectivity index (χ0n) is 16.6. The Morgan fingerprint density at radius 1 is 1.00 bits per heavy atom.